The standard InChI is InChI=1S/C11H9Br2ClN2S/c12-7-3-4-8(9(13)6-7)11-16-15-10(17-11)2-1-5-14/h3-4,6H,1-2,5H2. The molecule has 0 saturated heterocycles. The van der Waals surface area contributed by atoms with Gasteiger partial charge in [0.2, 0.25) is 0 Å². The summed E-state index contributed by atoms with van der Waals surface area (Å²) in [4.78, 5) is 0. The number of aryl methyl sites for hydroxylation is 1. The van der Waals surface area contributed by atoms with E-state index in [1.807, 2.05) is 18.2 Å². The van der Waals surface area contributed by atoms with E-state index >= 15 is 0 Å². The molecule has 1 heterocycles. The maximum Gasteiger partial charge on any atom is 0.148 e. The van der Waals surface area contributed by atoms with Crippen LogP contribution in [0.2, 0.25) is 0 Å². The summed E-state index contributed by atoms with van der Waals surface area (Å²) in [6, 6.07) is 6.04. The van der Waals surface area contributed by atoms with Crippen LogP contribution in [0.3, 0.4) is 0 Å². The molecular formula is C11H9Br2ClN2S. The van der Waals surface area contributed by atoms with Gasteiger partial charge in [0.25, 0.3) is 0 Å². The molecule has 17 heavy (non-hydrogen) atoms. The molecule has 0 spiro atoms. The number of alkyl halides is 1. The van der Waals surface area contributed by atoms with Gasteiger partial charge in [-0.3, -0.25) is 0 Å². The molecule has 0 unspecified atom stereocenters. The molecule has 90 valence electrons. The molecule has 0 atom stereocenters. The third-order valence-corrected chi connectivity index (χ3v) is 4.59. The van der Waals surface area contributed by atoms with Crippen molar-refractivity contribution in [1.29, 1.82) is 0 Å². The van der Waals surface area contributed by atoms with Crippen LogP contribution >= 0.6 is 54.8 Å². The third-order valence-electron chi connectivity index (χ3n) is 2.15. The van der Waals surface area contributed by atoms with Gasteiger partial charge >= 0.3 is 0 Å². The summed E-state index contributed by atoms with van der Waals surface area (Å²) in [7, 11) is 0. The van der Waals surface area contributed by atoms with Gasteiger partial charge in [-0.1, -0.05) is 43.2 Å². The van der Waals surface area contributed by atoms with Crippen LogP contribution in [0.15, 0.2) is 27.1 Å². The van der Waals surface area contributed by atoms with Gasteiger partial charge in [0.1, 0.15) is 10.0 Å². The number of benzene rings is 1. The first-order chi connectivity index (χ1) is 8.20. The van der Waals surface area contributed by atoms with Crippen LogP contribution in [-0.2, 0) is 6.42 Å². The Hall–Kier alpha value is 0.0300. The summed E-state index contributed by atoms with van der Waals surface area (Å²) < 4.78 is 2.06. The third kappa shape index (κ3) is 3.50. The van der Waals surface area contributed by atoms with E-state index in [1.54, 1.807) is 11.3 Å². The van der Waals surface area contributed by atoms with Crippen molar-refractivity contribution < 1.29 is 0 Å². The molecule has 1 aromatic heterocycles. The van der Waals surface area contributed by atoms with E-state index in [0.717, 1.165) is 37.4 Å². The lowest BCUT2D eigenvalue weighted by Crippen LogP contribution is -1.84. The van der Waals surface area contributed by atoms with E-state index in [0.29, 0.717) is 5.88 Å². The average Bonchev–Trinajstić information content (AvgIpc) is 2.75. The minimum atomic E-state index is 0.664. The largest absolute Gasteiger partial charge is 0.148 e. The lowest BCUT2D eigenvalue weighted by atomic mass is 10.2. The zero-order valence-electron chi connectivity index (χ0n) is 8.79. The first-order valence-corrected chi connectivity index (χ1v) is 7.98. The molecule has 0 saturated carbocycles. The van der Waals surface area contributed by atoms with Crippen molar-refractivity contribution in [2.45, 2.75) is 12.8 Å². The van der Waals surface area contributed by atoms with Gasteiger partial charge in [-0.15, -0.1) is 21.8 Å². The molecule has 0 aliphatic rings. The molecule has 6 heteroatoms. The van der Waals surface area contributed by atoms with Crippen LogP contribution in [0.5, 0.6) is 0 Å². The van der Waals surface area contributed by atoms with E-state index < -0.39 is 0 Å². The van der Waals surface area contributed by atoms with Gasteiger partial charge in [0.05, 0.1) is 0 Å². The van der Waals surface area contributed by atoms with Crippen LogP contribution < -0.4 is 0 Å². The van der Waals surface area contributed by atoms with Crippen molar-refractivity contribution in [3.63, 3.8) is 0 Å². The highest BCUT2D eigenvalue weighted by Crippen LogP contribution is 2.32. The van der Waals surface area contributed by atoms with Gasteiger partial charge in [-0.25, -0.2) is 0 Å². The Balaban J connectivity index is 2.24. The normalized spacial score (nSPS) is 10.8. The monoisotopic (exact) mass is 394 g/mol. The summed E-state index contributed by atoms with van der Waals surface area (Å²) in [5, 5.41) is 10.4. The van der Waals surface area contributed by atoms with Gasteiger partial charge in [-0.05, 0) is 24.6 Å². The molecule has 0 N–H and O–H groups in total. The summed E-state index contributed by atoms with van der Waals surface area (Å²) in [6.45, 7) is 0. The van der Waals surface area contributed by atoms with Gasteiger partial charge < -0.3 is 0 Å². The Morgan fingerprint density at radius 3 is 2.76 bits per heavy atom. The predicted molar refractivity (Wildman–Crippen MR) is 79.8 cm³/mol. The lowest BCUT2D eigenvalue weighted by molar-refractivity contribution is 0.884. The Kier molecular flexibility index (Phi) is 4.97. The number of nitrogens with zero attached hydrogens (tertiary/aromatic N) is 2. The van der Waals surface area contributed by atoms with Gasteiger partial charge in [0, 0.05) is 26.8 Å². The predicted octanol–water partition coefficient (Wildman–Crippen LogP) is 4.90. The highest BCUT2D eigenvalue weighted by Gasteiger charge is 2.09. The molecule has 0 radical (unpaired) electrons. The maximum absolute atomic E-state index is 5.66. The Morgan fingerprint density at radius 1 is 1.24 bits per heavy atom. The van der Waals surface area contributed by atoms with Gasteiger partial charge in [0.15, 0.2) is 0 Å². The zero-order chi connectivity index (χ0) is 12.3. The minimum absolute atomic E-state index is 0.664. The first-order valence-electron chi connectivity index (χ1n) is 5.04. The van der Waals surface area contributed by atoms with Crippen molar-refractivity contribution in [2.75, 3.05) is 5.88 Å². The topological polar surface area (TPSA) is 25.8 Å². The minimum Gasteiger partial charge on any atom is -0.143 e. The number of aromatic nitrogens is 2. The second-order valence-electron chi connectivity index (χ2n) is 3.42. The Morgan fingerprint density at radius 2 is 2.06 bits per heavy atom. The number of halogens is 3. The van der Waals surface area contributed by atoms with Crippen LogP contribution in [-0.4, -0.2) is 16.1 Å². The molecule has 2 rings (SSSR count). The second-order valence-corrected chi connectivity index (χ2v) is 6.63. The molecule has 0 bridgehead atoms. The van der Waals surface area contributed by atoms with Crippen LogP contribution in [0.1, 0.15) is 11.4 Å². The summed E-state index contributed by atoms with van der Waals surface area (Å²) in [5.41, 5.74) is 1.07. The molecule has 0 fully saturated rings. The van der Waals surface area contributed by atoms with E-state index in [-0.39, 0.29) is 0 Å². The molecule has 2 aromatic rings. The quantitative estimate of drug-likeness (QED) is 0.687. The number of hydrogen-bond donors (Lipinski definition) is 0. The number of rotatable bonds is 4. The molecule has 2 nitrogen and oxygen atoms in total. The fourth-order valence-corrected chi connectivity index (χ4v) is 3.76. The second kappa shape index (κ2) is 6.27. The van der Waals surface area contributed by atoms with E-state index in [1.165, 1.54) is 0 Å². The molecule has 0 aliphatic carbocycles. The SMILES string of the molecule is ClCCCc1nnc(-c2ccc(Br)cc2Br)s1. The molecule has 0 aliphatic heterocycles. The highest BCUT2D eigenvalue weighted by atomic mass is 79.9. The van der Waals surface area contributed by atoms with Crippen LogP contribution in [0.25, 0.3) is 10.6 Å². The summed E-state index contributed by atoms with van der Waals surface area (Å²) >= 11 is 14.2. The first kappa shape index (κ1) is 13.5. The summed E-state index contributed by atoms with van der Waals surface area (Å²) in [6.07, 6.45) is 1.84. The molecule has 1 aromatic carbocycles. The molecule has 0 amide bonds. The van der Waals surface area contributed by atoms with E-state index in [9.17, 15) is 0 Å². The fourth-order valence-electron chi connectivity index (χ4n) is 1.34. The van der Waals surface area contributed by atoms with Crippen LogP contribution in [0.4, 0.5) is 0 Å². The smallest absolute Gasteiger partial charge is 0.143 e. The zero-order valence-corrected chi connectivity index (χ0v) is 13.5. The van der Waals surface area contributed by atoms with E-state index in [4.69, 9.17) is 11.6 Å². The molecular weight excluding hydrogens is 387 g/mol. The van der Waals surface area contributed by atoms with Crippen molar-refractivity contribution in [1.82, 2.24) is 10.2 Å². The van der Waals surface area contributed by atoms with E-state index in [2.05, 4.69) is 42.1 Å². The average molecular weight is 397 g/mol. The summed E-state index contributed by atoms with van der Waals surface area (Å²) in [5.74, 6) is 0.664. The highest BCUT2D eigenvalue weighted by molar-refractivity contribution is 9.11. The lowest BCUT2D eigenvalue weighted by Gasteiger charge is -1.99. The van der Waals surface area contributed by atoms with Crippen LogP contribution in [0, 0.1) is 0 Å². The fraction of sp³-hybridized carbons (Fsp3) is 0.273. The van der Waals surface area contributed by atoms with Crippen molar-refractivity contribution in [3.05, 3.63) is 32.2 Å². The van der Waals surface area contributed by atoms with Crippen molar-refractivity contribution >= 4 is 54.8 Å². The maximum atomic E-state index is 5.66. The van der Waals surface area contributed by atoms with Gasteiger partial charge in [-0.2, -0.15) is 0 Å². The van der Waals surface area contributed by atoms with Crippen molar-refractivity contribution in [2.24, 2.45) is 0 Å². The number of hydrogen-bond acceptors (Lipinski definition) is 3. The Labute approximate surface area is 126 Å². The Bertz CT molecular complexity index is 516. The van der Waals surface area contributed by atoms with Crippen molar-refractivity contribution in [3.8, 4) is 10.6 Å².